The fourth-order valence-electron chi connectivity index (χ4n) is 2.32. The fraction of sp³-hybridized carbons (Fsp3) is 0.667. The first-order valence-electron chi connectivity index (χ1n) is 5.92. The summed E-state index contributed by atoms with van der Waals surface area (Å²) >= 11 is 0. The monoisotopic (exact) mass is 237 g/mol. The molecule has 2 atom stereocenters. The van der Waals surface area contributed by atoms with Crippen LogP contribution in [-0.4, -0.2) is 45.9 Å². The Morgan fingerprint density at radius 3 is 2.47 bits per heavy atom. The van der Waals surface area contributed by atoms with E-state index in [1.165, 1.54) is 0 Å². The summed E-state index contributed by atoms with van der Waals surface area (Å²) in [5, 5.41) is 4.20. The third-order valence-electron chi connectivity index (χ3n) is 2.95. The van der Waals surface area contributed by atoms with Crippen molar-refractivity contribution >= 4 is 5.91 Å². The number of aromatic nitrogens is 2. The van der Waals surface area contributed by atoms with Crippen LogP contribution in [0.3, 0.4) is 0 Å². The highest BCUT2D eigenvalue weighted by Gasteiger charge is 2.28. The van der Waals surface area contributed by atoms with Crippen molar-refractivity contribution in [2.75, 3.05) is 13.1 Å². The summed E-state index contributed by atoms with van der Waals surface area (Å²) in [4.78, 5) is 14.2. The largest absolute Gasteiger partial charge is 0.372 e. The summed E-state index contributed by atoms with van der Waals surface area (Å²) in [5.74, 6) is 0.0533. The molecule has 0 saturated carbocycles. The first kappa shape index (κ1) is 12.1. The second kappa shape index (κ2) is 4.49. The highest BCUT2D eigenvalue weighted by Crippen LogP contribution is 2.15. The van der Waals surface area contributed by atoms with Gasteiger partial charge in [0.25, 0.3) is 5.91 Å². The molecule has 1 saturated heterocycles. The lowest BCUT2D eigenvalue weighted by Crippen LogP contribution is -2.48. The SMILES string of the molecule is Cc1nn(C)cc1C(=O)N1C[C@H](C)O[C@@H](C)C1. The van der Waals surface area contributed by atoms with Crippen LogP contribution in [0.15, 0.2) is 6.20 Å². The second-order valence-electron chi connectivity index (χ2n) is 4.77. The van der Waals surface area contributed by atoms with Gasteiger partial charge in [-0.25, -0.2) is 0 Å². The number of amides is 1. The van der Waals surface area contributed by atoms with Crippen LogP contribution >= 0.6 is 0 Å². The highest BCUT2D eigenvalue weighted by atomic mass is 16.5. The molecule has 2 heterocycles. The minimum absolute atomic E-state index is 0.0533. The molecule has 0 radical (unpaired) electrons. The second-order valence-corrected chi connectivity index (χ2v) is 4.77. The van der Waals surface area contributed by atoms with Crippen LogP contribution in [0, 0.1) is 6.92 Å². The number of ether oxygens (including phenoxy) is 1. The molecule has 94 valence electrons. The van der Waals surface area contributed by atoms with Crippen molar-refractivity contribution in [2.24, 2.45) is 7.05 Å². The van der Waals surface area contributed by atoms with E-state index in [1.807, 2.05) is 32.7 Å². The first-order valence-corrected chi connectivity index (χ1v) is 5.92. The van der Waals surface area contributed by atoms with Gasteiger partial charge in [0.1, 0.15) is 0 Å². The van der Waals surface area contributed by atoms with Gasteiger partial charge in [0.05, 0.1) is 23.5 Å². The Labute approximate surface area is 101 Å². The smallest absolute Gasteiger partial charge is 0.257 e. The molecule has 0 aliphatic carbocycles. The molecule has 2 rings (SSSR count). The van der Waals surface area contributed by atoms with Crippen molar-refractivity contribution < 1.29 is 9.53 Å². The van der Waals surface area contributed by atoms with Crippen LogP contribution in [0.4, 0.5) is 0 Å². The Morgan fingerprint density at radius 1 is 1.41 bits per heavy atom. The lowest BCUT2D eigenvalue weighted by molar-refractivity contribution is -0.0586. The zero-order chi connectivity index (χ0) is 12.6. The molecule has 0 N–H and O–H groups in total. The van der Waals surface area contributed by atoms with Crippen LogP contribution in [0.2, 0.25) is 0 Å². The molecule has 0 spiro atoms. The Balaban J connectivity index is 2.17. The summed E-state index contributed by atoms with van der Waals surface area (Å²) in [7, 11) is 1.83. The maximum absolute atomic E-state index is 12.3. The van der Waals surface area contributed by atoms with E-state index in [9.17, 15) is 4.79 Å². The zero-order valence-corrected chi connectivity index (χ0v) is 10.8. The standard InChI is InChI=1S/C12H19N3O2/c1-8-5-15(6-9(2)17-8)12(16)11-7-14(4)13-10(11)3/h7-9H,5-6H2,1-4H3/t8-,9-/m0/s1. The van der Waals surface area contributed by atoms with Crippen molar-refractivity contribution in [3.8, 4) is 0 Å². The van der Waals surface area contributed by atoms with E-state index in [0.717, 1.165) is 5.69 Å². The number of hydrogen-bond donors (Lipinski definition) is 0. The fourth-order valence-corrected chi connectivity index (χ4v) is 2.32. The third kappa shape index (κ3) is 2.49. The van der Waals surface area contributed by atoms with Gasteiger partial charge in [0.2, 0.25) is 0 Å². The van der Waals surface area contributed by atoms with Crippen molar-refractivity contribution in [1.29, 1.82) is 0 Å². The van der Waals surface area contributed by atoms with Gasteiger partial charge in [0, 0.05) is 26.3 Å². The molecule has 1 amide bonds. The highest BCUT2D eigenvalue weighted by molar-refractivity contribution is 5.95. The number of carbonyl (C=O) groups excluding carboxylic acids is 1. The summed E-state index contributed by atoms with van der Waals surface area (Å²) < 4.78 is 7.30. The maximum atomic E-state index is 12.3. The van der Waals surface area contributed by atoms with Gasteiger partial charge < -0.3 is 9.64 Å². The summed E-state index contributed by atoms with van der Waals surface area (Å²) in [5.41, 5.74) is 1.47. The molecule has 1 fully saturated rings. The molecule has 1 aromatic rings. The molecule has 0 unspecified atom stereocenters. The van der Waals surface area contributed by atoms with Crippen LogP contribution in [0.1, 0.15) is 29.9 Å². The molecule has 5 heteroatoms. The minimum Gasteiger partial charge on any atom is -0.372 e. The summed E-state index contributed by atoms with van der Waals surface area (Å²) in [6.45, 7) is 7.15. The van der Waals surface area contributed by atoms with E-state index >= 15 is 0 Å². The Bertz CT molecular complexity index is 417. The van der Waals surface area contributed by atoms with Gasteiger partial charge in [0.15, 0.2) is 0 Å². The molecular formula is C12H19N3O2. The predicted octanol–water partition coefficient (Wildman–Crippen LogP) is 0.978. The van der Waals surface area contributed by atoms with E-state index in [2.05, 4.69) is 5.10 Å². The third-order valence-corrected chi connectivity index (χ3v) is 2.95. The van der Waals surface area contributed by atoms with E-state index in [1.54, 1.807) is 10.9 Å². The maximum Gasteiger partial charge on any atom is 0.257 e. The summed E-state index contributed by atoms with van der Waals surface area (Å²) in [6.07, 6.45) is 1.97. The zero-order valence-electron chi connectivity index (χ0n) is 10.8. The number of rotatable bonds is 1. The quantitative estimate of drug-likeness (QED) is 0.731. The van der Waals surface area contributed by atoms with Crippen LogP contribution in [0.25, 0.3) is 0 Å². The van der Waals surface area contributed by atoms with Gasteiger partial charge in [-0.05, 0) is 20.8 Å². The Kier molecular flexibility index (Phi) is 3.19. The van der Waals surface area contributed by atoms with Gasteiger partial charge in [-0.3, -0.25) is 9.48 Å². The van der Waals surface area contributed by atoms with E-state index < -0.39 is 0 Å². The lowest BCUT2D eigenvalue weighted by atomic mass is 10.2. The number of carbonyl (C=O) groups is 1. The minimum atomic E-state index is 0.0533. The van der Waals surface area contributed by atoms with Crippen LogP contribution < -0.4 is 0 Å². The van der Waals surface area contributed by atoms with Crippen molar-refractivity contribution in [2.45, 2.75) is 33.0 Å². The lowest BCUT2D eigenvalue weighted by Gasteiger charge is -2.35. The molecular weight excluding hydrogens is 218 g/mol. The molecule has 17 heavy (non-hydrogen) atoms. The van der Waals surface area contributed by atoms with E-state index in [4.69, 9.17) is 4.74 Å². The van der Waals surface area contributed by atoms with Crippen LogP contribution in [-0.2, 0) is 11.8 Å². The average molecular weight is 237 g/mol. The van der Waals surface area contributed by atoms with Crippen molar-refractivity contribution in [3.05, 3.63) is 17.5 Å². The van der Waals surface area contributed by atoms with Crippen molar-refractivity contribution in [3.63, 3.8) is 0 Å². The number of hydrogen-bond acceptors (Lipinski definition) is 3. The molecule has 1 aliphatic heterocycles. The van der Waals surface area contributed by atoms with E-state index in [0.29, 0.717) is 18.7 Å². The Hall–Kier alpha value is -1.36. The molecule has 1 aromatic heterocycles. The van der Waals surface area contributed by atoms with Gasteiger partial charge >= 0.3 is 0 Å². The number of morpholine rings is 1. The predicted molar refractivity (Wildman–Crippen MR) is 63.9 cm³/mol. The van der Waals surface area contributed by atoms with Gasteiger partial charge in [-0.1, -0.05) is 0 Å². The van der Waals surface area contributed by atoms with E-state index in [-0.39, 0.29) is 18.1 Å². The Morgan fingerprint density at radius 2 is 2.00 bits per heavy atom. The number of nitrogens with zero attached hydrogens (tertiary/aromatic N) is 3. The van der Waals surface area contributed by atoms with Crippen molar-refractivity contribution in [1.82, 2.24) is 14.7 Å². The van der Waals surface area contributed by atoms with Crippen LogP contribution in [0.5, 0.6) is 0 Å². The molecule has 0 aromatic carbocycles. The molecule has 0 bridgehead atoms. The summed E-state index contributed by atoms with van der Waals surface area (Å²) in [6, 6.07) is 0. The first-order chi connectivity index (χ1) is 7.97. The number of aryl methyl sites for hydroxylation is 2. The topological polar surface area (TPSA) is 47.4 Å². The molecule has 1 aliphatic rings. The average Bonchev–Trinajstić information content (AvgIpc) is 2.55. The molecule has 5 nitrogen and oxygen atoms in total. The normalized spacial score (nSPS) is 25.1. The van der Waals surface area contributed by atoms with Gasteiger partial charge in [-0.2, -0.15) is 5.10 Å². The van der Waals surface area contributed by atoms with Gasteiger partial charge in [-0.15, -0.1) is 0 Å².